The van der Waals surface area contributed by atoms with Crippen LogP contribution >= 0.6 is 11.6 Å². The zero-order valence-electron chi connectivity index (χ0n) is 19.0. The number of halogens is 1. The second kappa shape index (κ2) is 8.13. The molecule has 1 saturated heterocycles. The maximum absolute atomic E-state index is 13.0. The molecule has 1 saturated carbocycles. The van der Waals surface area contributed by atoms with Crippen molar-refractivity contribution in [2.75, 3.05) is 18.0 Å². The molecule has 0 atom stereocenters. The highest BCUT2D eigenvalue weighted by atomic mass is 35.5. The first-order valence-corrected chi connectivity index (χ1v) is 12.0. The lowest BCUT2D eigenvalue weighted by Gasteiger charge is -2.59. The largest absolute Gasteiger partial charge is 0.370 e. The van der Waals surface area contributed by atoms with E-state index in [1.807, 2.05) is 24.0 Å². The van der Waals surface area contributed by atoms with Crippen LogP contribution in [0.5, 0.6) is 0 Å². The minimum atomic E-state index is -0.146. The molecule has 4 heterocycles. The zero-order chi connectivity index (χ0) is 23.3. The molecule has 8 nitrogen and oxygen atoms in total. The summed E-state index contributed by atoms with van der Waals surface area (Å²) in [6.45, 7) is 4.63. The summed E-state index contributed by atoms with van der Waals surface area (Å²) in [5.74, 6) is -0.146. The Labute approximate surface area is 202 Å². The van der Waals surface area contributed by atoms with E-state index < -0.39 is 0 Å². The van der Waals surface area contributed by atoms with Gasteiger partial charge < -0.3 is 10.2 Å². The van der Waals surface area contributed by atoms with Crippen LogP contribution in [0.3, 0.4) is 0 Å². The number of rotatable bonds is 6. The minimum absolute atomic E-state index is 0.146. The Balaban J connectivity index is 1.06. The SMILES string of the molecule is CCc1nc2ccc(Cl)cn2c1C(=O)NCc1ccc(N2CC3(CC(n4cncn4)C3)C2)cc1. The summed E-state index contributed by atoms with van der Waals surface area (Å²) in [6.07, 6.45) is 8.18. The molecule has 0 unspecified atom stereocenters. The molecule has 1 aliphatic heterocycles. The van der Waals surface area contributed by atoms with Crippen molar-refractivity contribution in [1.82, 2.24) is 29.5 Å². The van der Waals surface area contributed by atoms with Crippen molar-refractivity contribution >= 4 is 28.8 Å². The number of aromatic nitrogens is 5. The van der Waals surface area contributed by atoms with Crippen LogP contribution in [-0.2, 0) is 13.0 Å². The van der Waals surface area contributed by atoms with Crippen LogP contribution in [0.2, 0.25) is 5.02 Å². The number of carbonyl (C=O) groups is 1. The van der Waals surface area contributed by atoms with Crippen LogP contribution < -0.4 is 10.2 Å². The lowest BCUT2D eigenvalue weighted by molar-refractivity contribution is 0.0247. The fourth-order valence-corrected chi connectivity index (χ4v) is 5.54. The average molecular weight is 476 g/mol. The number of aryl methyl sites for hydroxylation is 1. The normalized spacial score (nSPS) is 17.1. The van der Waals surface area contributed by atoms with Gasteiger partial charge in [0.15, 0.2) is 0 Å². The van der Waals surface area contributed by atoms with Crippen molar-refractivity contribution in [1.29, 1.82) is 0 Å². The molecular weight excluding hydrogens is 450 g/mol. The number of pyridine rings is 1. The highest BCUT2D eigenvalue weighted by molar-refractivity contribution is 6.30. The Morgan fingerprint density at radius 3 is 2.68 bits per heavy atom. The van der Waals surface area contributed by atoms with Crippen molar-refractivity contribution in [3.05, 3.63) is 77.2 Å². The van der Waals surface area contributed by atoms with Crippen molar-refractivity contribution in [2.24, 2.45) is 5.41 Å². The van der Waals surface area contributed by atoms with E-state index in [1.54, 1.807) is 23.0 Å². The summed E-state index contributed by atoms with van der Waals surface area (Å²) in [5.41, 5.74) is 4.76. The Bertz CT molecular complexity index is 1330. The quantitative estimate of drug-likeness (QED) is 0.457. The number of fused-ring (bicyclic) bond motifs is 1. The second-order valence-electron chi connectivity index (χ2n) is 9.48. The maximum Gasteiger partial charge on any atom is 0.270 e. The van der Waals surface area contributed by atoms with E-state index in [9.17, 15) is 4.79 Å². The van der Waals surface area contributed by atoms with Crippen LogP contribution in [0.25, 0.3) is 5.65 Å². The Morgan fingerprint density at radius 2 is 1.97 bits per heavy atom. The smallest absolute Gasteiger partial charge is 0.270 e. The van der Waals surface area contributed by atoms with Gasteiger partial charge in [0.2, 0.25) is 0 Å². The fraction of sp³-hybridized carbons (Fsp3) is 0.360. The lowest BCUT2D eigenvalue weighted by Crippen LogP contribution is -2.62. The third-order valence-corrected chi connectivity index (χ3v) is 7.38. The first-order valence-electron chi connectivity index (χ1n) is 11.7. The highest BCUT2D eigenvalue weighted by Gasteiger charge is 2.53. The highest BCUT2D eigenvalue weighted by Crippen LogP contribution is 2.54. The second-order valence-corrected chi connectivity index (χ2v) is 9.92. The summed E-state index contributed by atoms with van der Waals surface area (Å²) < 4.78 is 3.76. The van der Waals surface area contributed by atoms with Gasteiger partial charge in [-0.2, -0.15) is 5.10 Å². The van der Waals surface area contributed by atoms with Gasteiger partial charge in [0.05, 0.1) is 16.8 Å². The number of anilines is 1. The minimum Gasteiger partial charge on any atom is -0.370 e. The van der Waals surface area contributed by atoms with Crippen molar-refractivity contribution in [3.8, 4) is 0 Å². The Morgan fingerprint density at radius 1 is 1.18 bits per heavy atom. The molecule has 1 amide bonds. The standard InChI is InChI=1S/C25H26ClN7O/c1-2-21-23(32-12-18(26)5-8-22(32)30-21)24(34)28-11-17-3-6-19(7-4-17)31-13-25(14-31)9-20(10-25)33-16-27-15-29-33/h3-8,12,15-16,20H,2,9-11,13-14H2,1H3,(H,28,34). The average Bonchev–Trinajstić information content (AvgIpc) is 3.44. The topological polar surface area (TPSA) is 80.4 Å². The number of carbonyl (C=O) groups excluding carboxylic acids is 1. The first kappa shape index (κ1) is 21.2. The number of hydrogen-bond donors (Lipinski definition) is 1. The Hall–Kier alpha value is -3.39. The van der Waals surface area contributed by atoms with Crippen LogP contribution in [0.15, 0.2) is 55.2 Å². The number of amides is 1. The molecule has 1 aromatic carbocycles. The molecule has 1 N–H and O–H groups in total. The van der Waals surface area contributed by atoms with E-state index in [0.29, 0.717) is 35.1 Å². The molecule has 3 aromatic heterocycles. The predicted molar refractivity (Wildman–Crippen MR) is 130 cm³/mol. The molecule has 1 aliphatic carbocycles. The van der Waals surface area contributed by atoms with Crippen LogP contribution in [-0.4, -0.2) is 43.1 Å². The van der Waals surface area contributed by atoms with E-state index in [0.717, 1.165) is 30.0 Å². The van der Waals surface area contributed by atoms with Crippen LogP contribution in [0, 0.1) is 5.41 Å². The monoisotopic (exact) mass is 475 g/mol. The van der Waals surface area contributed by atoms with Gasteiger partial charge >= 0.3 is 0 Å². The van der Waals surface area contributed by atoms with E-state index in [1.165, 1.54) is 18.5 Å². The third kappa shape index (κ3) is 3.62. The molecule has 4 aromatic rings. The molecular formula is C25H26ClN7O. The van der Waals surface area contributed by atoms with E-state index in [4.69, 9.17) is 11.6 Å². The van der Waals surface area contributed by atoms with Gasteiger partial charge in [-0.05, 0) is 49.1 Å². The third-order valence-electron chi connectivity index (χ3n) is 7.16. The zero-order valence-corrected chi connectivity index (χ0v) is 19.7. The van der Waals surface area contributed by atoms with E-state index >= 15 is 0 Å². The van der Waals surface area contributed by atoms with Crippen molar-refractivity contribution in [3.63, 3.8) is 0 Å². The summed E-state index contributed by atoms with van der Waals surface area (Å²) in [6, 6.07) is 12.6. The number of nitrogens with zero attached hydrogens (tertiary/aromatic N) is 6. The molecule has 34 heavy (non-hydrogen) atoms. The molecule has 9 heteroatoms. The maximum atomic E-state index is 13.0. The summed E-state index contributed by atoms with van der Waals surface area (Å²) >= 11 is 6.15. The summed E-state index contributed by atoms with van der Waals surface area (Å²) in [5, 5.41) is 7.89. The lowest BCUT2D eigenvalue weighted by atomic mass is 9.60. The molecule has 0 radical (unpaired) electrons. The number of nitrogens with one attached hydrogen (secondary N) is 1. The molecule has 1 spiro atoms. The summed E-state index contributed by atoms with van der Waals surface area (Å²) in [4.78, 5) is 24.1. The first-order chi connectivity index (χ1) is 16.5. The number of benzene rings is 1. The van der Waals surface area contributed by atoms with E-state index in [-0.39, 0.29) is 5.91 Å². The van der Waals surface area contributed by atoms with Crippen molar-refractivity contribution in [2.45, 2.75) is 38.8 Å². The van der Waals surface area contributed by atoms with Gasteiger partial charge in [0.25, 0.3) is 5.91 Å². The Kier molecular flexibility index (Phi) is 5.06. The van der Waals surface area contributed by atoms with Gasteiger partial charge in [0, 0.05) is 36.9 Å². The van der Waals surface area contributed by atoms with E-state index in [2.05, 4.69) is 49.5 Å². The molecule has 2 aliphatic rings. The van der Waals surface area contributed by atoms with Gasteiger partial charge in [-0.1, -0.05) is 30.7 Å². The van der Waals surface area contributed by atoms with Gasteiger partial charge in [0.1, 0.15) is 24.0 Å². The summed E-state index contributed by atoms with van der Waals surface area (Å²) in [7, 11) is 0. The molecule has 0 bridgehead atoms. The van der Waals surface area contributed by atoms with Gasteiger partial charge in [-0.25, -0.2) is 14.6 Å². The predicted octanol–water partition coefficient (Wildman–Crippen LogP) is 3.91. The van der Waals surface area contributed by atoms with Crippen LogP contribution in [0.1, 0.15) is 47.6 Å². The number of imidazole rings is 1. The fourth-order valence-electron chi connectivity index (χ4n) is 5.38. The number of hydrogen-bond acceptors (Lipinski definition) is 5. The van der Waals surface area contributed by atoms with Gasteiger partial charge in [-0.3, -0.25) is 9.20 Å². The van der Waals surface area contributed by atoms with Crippen LogP contribution in [0.4, 0.5) is 5.69 Å². The molecule has 2 fully saturated rings. The van der Waals surface area contributed by atoms with Gasteiger partial charge in [-0.15, -0.1) is 0 Å². The van der Waals surface area contributed by atoms with Crippen molar-refractivity contribution < 1.29 is 4.79 Å². The molecule has 174 valence electrons. The molecule has 6 rings (SSSR count).